The maximum Gasteiger partial charge on any atom is 0.390 e. The van der Waals surface area contributed by atoms with Gasteiger partial charge in [0.25, 0.3) is 0 Å². The van der Waals surface area contributed by atoms with Gasteiger partial charge in [-0.15, -0.1) is 0 Å². The molecule has 0 aliphatic heterocycles. The van der Waals surface area contributed by atoms with Gasteiger partial charge in [-0.2, -0.15) is 13.2 Å². The molecule has 0 heterocycles. The molecule has 19 heavy (non-hydrogen) atoms. The number of nitrogens with one attached hydrogen (secondary N) is 1. The third kappa shape index (κ3) is 4.51. The van der Waals surface area contributed by atoms with E-state index >= 15 is 0 Å². The van der Waals surface area contributed by atoms with E-state index in [4.69, 9.17) is 17.3 Å². The van der Waals surface area contributed by atoms with Crippen LogP contribution in [-0.4, -0.2) is 25.8 Å². The van der Waals surface area contributed by atoms with Crippen molar-refractivity contribution in [3.05, 3.63) is 22.7 Å². The molecule has 4 nitrogen and oxygen atoms in total. The van der Waals surface area contributed by atoms with Gasteiger partial charge in [-0.25, -0.2) is 4.79 Å². The molecule has 0 amide bonds. The summed E-state index contributed by atoms with van der Waals surface area (Å²) in [5.41, 5.74) is 5.80. The van der Waals surface area contributed by atoms with E-state index < -0.39 is 25.1 Å². The van der Waals surface area contributed by atoms with Crippen molar-refractivity contribution in [2.45, 2.75) is 12.6 Å². The lowest BCUT2D eigenvalue weighted by molar-refractivity contribution is -0.131. The quantitative estimate of drug-likeness (QED) is 0.662. The number of benzene rings is 1. The molecule has 8 heteroatoms. The van der Waals surface area contributed by atoms with Crippen LogP contribution in [-0.2, 0) is 4.74 Å². The van der Waals surface area contributed by atoms with E-state index in [0.717, 1.165) is 7.11 Å². The smallest absolute Gasteiger partial charge is 0.390 e. The number of hydrogen-bond acceptors (Lipinski definition) is 4. The van der Waals surface area contributed by atoms with Crippen molar-refractivity contribution in [2.24, 2.45) is 0 Å². The van der Waals surface area contributed by atoms with Gasteiger partial charge in [0.2, 0.25) is 0 Å². The van der Waals surface area contributed by atoms with E-state index in [2.05, 4.69) is 10.1 Å². The number of carbonyl (C=O) groups is 1. The van der Waals surface area contributed by atoms with Crippen LogP contribution in [0.15, 0.2) is 12.1 Å². The number of esters is 1. The van der Waals surface area contributed by atoms with E-state index in [1.165, 1.54) is 12.1 Å². The van der Waals surface area contributed by atoms with Crippen LogP contribution in [0.25, 0.3) is 0 Å². The highest BCUT2D eigenvalue weighted by Crippen LogP contribution is 2.30. The summed E-state index contributed by atoms with van der Waals surface area (Å²) in [6, 6.07) is 2.62. The summed E-state index contributed by atoms with van der Waals surface area (Å²) in [6.45, 7) is -0.406. The number of alkyl halides is 3. The van der Waals surface area contributed by atoms with E-state index in [1.807, 2.05) is 0 Å². The third-order valence-corrected chi connectivity index (χ3v) is 2.53. The SMILES string of the molecule is COC(=O)c1cc(N)cc(Cl)c1NCCC(F)(F)F. The lowest BCUT2D eigenvalue weighted by Crippen LogP contribution is -2.16. The molecule has 1 rings (SSSR count). The van der Waals surface area contributed by atoms with Gasteiger partial charge >= 0.3 is 12.1 Å². The van der Waals surface area contributed by atoms with Crippen LogP contribution in [0.4, 0.5) is 24.5 Å². The summed E-state index contributed by atoms with van der Waals surface area (Å²) < 4.78 is 40.7. The second kappa shape index (κ2) is 6.01. The maximum absolute atomic E-state index is 12.1. The number of halogens is 4. The molecule has 0 saturated carbocycles. The normalized spacial score (nSPS) is 11.2. The first-order valence-electron chi connectivity index (χ1n) is 5.22. The largest absolute Gasteiger partial charge is 0.465 e. The van der Waals surface area contributed by atoms with Crippen LogP contribution >= 0.6 is 11.6 Å². The Bertz CT molecular complexity index is 478. The Morgan fingerprint density at radius 1 is 1.47 bits per heavy atom. The highest BCUT2D eigenvalue weighted by atomic mass is 35.5. The zero-order valence-corrected chi connectivity index (χ0v) is 10.7. The molecule has 0 aromatic heterocycles. The van der Waals surface area contributed by atoms with Gasteiger partial charge in [0, 0.05) is 12.2 Å². The number of nitrogen functional groups attached to an aromatic ring is 1. The van der Waals surface area contributed by atoms with Crippen LogP contribution in [0.5, 0.6) is 0 Å². The van der Waals surface area contributed by atoms with Gasteiger partial charge in [-0.3, -0.25) is 0 Å². The predicted molar refractivity (Wildman–Crippen MR) is 66.4 cm³/mol. The average Bonchev–Trinajstić information content (AvgIpc) is 2.28. The second-order valence-corrected chi connectivity index (χ2v) is 4.12. The van der Waals surface area contributed by atoms with Crippen LogP contribution in [0.1, 0.15) is 16.8 Å². The maximum atomic E-state index is 12.1. The summed E-state index contributed by atoms with van der Waals surface area (Å²) in [4.78, 5) is 11.5. The first-order valence-corrected chi connectivity index (χ1v) is 5.60. The lowest BCUT2D eigenvalue weighted by atomic mass is 10.1. The molecule has 0 fully saturated rings. The van der Waals surface area contributed by atoms with Crippen molar-refractivity contribution < 1.29 is 22.7 Å². The number of methoxy groups -OCH3 is 1. The first kappa shape index (κ1) is 15.4. The Morgan fingerprint density at radius 3 is 2.63 bits per heavy atom. The Labute approximate surface area is 112 Å². The molecule has 0 aliphatic carbocycles. The Hall–Kier alpha value is -1.63. The van der Waals surface area contributed by atoms with Crippen molar-refractivity contribution in [1.82, 2.24) is 0 Å². The van der Waals surface area contributed by atoms with Gasteiger partial charge in [-0.1, -0.05) is 11.6 Å². The van der Waals surface area contributed by atoms with E-state index in [0.29, 0.717) is 0 Å². The van der Waals surface area contributed by atoms with E-state index in [1.54, 1.807) is 0 Å². The Morgan fingerprint density at radius 2 is 2.11 bits per heavy atom. The highest BCUT2D eigenvalue weighted by molar-refractivity contribution is 6.34. The van der Waals surface area contributed by atoms with Crippen LogP contribution < -0.4 is 11.1 Å². The minimum absolute atomic E-state index is 0.00493. The zero-order valence-electron chi connectivity index (χ0n) is 9.97. The summed E-state index contributed by atoms with van der Waals surface area (Å²) in [5.74, 6) is -0.733. The highest BCUT2D eigenvalue weighted by Gasteiger charge is 2.26. The van der Waals surface area contributed by atoms with Crippen LogP contribution in [0.3, 0.4) is 0 Å². The monoisotopic (exact) mass is 296 g/mol. The van der Waals surface area contributed by atoms with Gasteiger partial charge < -0.3 is 15.8 Å². The van der Waals surface area contributed by atoms with Crippen molar-refractivity contribution in [3.63, 3.8) is 0 Å². The minimum atomic E-state index is -4.29. The van der Waals surface area contributed by atoms with E-state index in [-0.39, 0.29) is 22.0 Å². The van der Waals surface area contributed by atoms with Gasteiger partial charge in [0.15, 0.2) is 0 Å². The molecule has 3 N–H and O–H groups in total. The molecule has 0 bridgehead atoms. The molecule has 106 valence electrons. The molecule has 0 spiro atoms. The van der Waals surface area contributed by atoms with Crippen LogP contribution in [0.2, 0.25) is 5.02 Å². The fourth-order valence-electron chi connectivity index (χ4n) is 1.41. The van der Waals surface area contributed by atoms with E-state index in [9.17, 15) is 18.0 Å². The summed E-state index contributed by atoms with van der Waals surface area (Å²) in [7, 11) is 1.15. The summed E-state index contributed by atoms with van der Waals surface area (Å²) >= 11 is 5.85. The number of hydrogen-bond donors (Lipinski definition) is 2. The standard InChI is InChI=1S/C11H12ClF3N2O2/c1-19-10(18)7-4-6(16)5-8(12)9(7)17-3-2-11(13,14)15/h4-5,17H,2-3,16H2,1H3. The molecule has 0 saturated heterocycles. The van der Waals surface area contributed by atoms with Gasteiger partial charge in [-0.05, 0) is 12.1 Å². The zero-order chi connectivity index (χ0) is 14.6. The molecule has 1 aromatic carbocycles. The van der Waals surface area contributed by atoms with Crippen molar-refractivity contribution >= 4 is 28.9 Å². The summed E-state index contributed by atoms with van der Waals surface area (Å²) in [5, 5.41) is 2.53. The molecular formula is C11H12ClF3N2O2. The molecule has 1 aromatic rings. The number of carbonyl (C=O) groups excluding carboxylic acids is 1. The molecule has 0 radical (unpaired) electrons. The van der Waals surface area contributed by atoms with Crippen molar-refractivity contribution in [3.8, 4) is 0 Å². The fraction of sp³-hybridized carbons (Fsp3) is 0.364. The number of rotatable bonds is 4. The van der Waals surface area contributed by atoms with Crippen molar-refractivity contribution in [2.75, 3.05) is 24.7 Å². The lowest BCUT2D eigenvalue weighted by Gasteiger charge is -2.14. The predicted octanol–water partition coefficient (Wildman–Crippen LogP) is 3.07. The molecule has 0 aliphatic rings. The third-order valence-electron chi connectivity index (χ3n) is 2.23. The van der Waals surface area contributed by atoms with Crippen molar-refractivity contribution in [1.29, 1.82) is 0 Å². The average molecular weight is 297 g/mol. The summed E-state index contributed by atoms with van der Waals surface area (Å²) in [6.07, 6.45) is -5.34. The number of anilines is 2. The minimum Gasteiger partial charge on any atom is -0.465 e. The Kier molecular flexibility index (Phi) is 4.88. The van der Waals surface area contributed by atoms with Gasteiger partial charge in [0.1, 0.15) is 0 Å². The Balaban J connectivity index is 2.95. The first-order chi connectivity index (χ1) is 8.74. The molecular weight excluding hydrogens is 285 g/mol. The van der Waals surface area contributed by atoms with Gasteiger partial charge in [0.05, 0.1) is 29.8 Å². The van der Waals surface area contributed by atoms with Crippen LogP contribution in [0, 0.1) is 0 Å². The molecule has 0 atom stereocenters. The number of nitrogens with two attached hydrogens (primary N) is 1. The second-order valence-electron chi connectivity index (χ2n) is 3.71. The number of ether oxygens (including phenoxy) is 1. The fourth-order valence-corrected chi connectivity index (χ4v) is 1.70. The topological polar surface area (TPSA) is 64.3 Å². The molecule has 0 unspecified atom stereocenters.